The summed E-state index contributed by atoms with van der Waals surface area (Å²) >= 11 is 0. The van der Waals surface area contributed by atoms with E-state index >= 15 is 0 Å². The lowest BCUT2D eigenvalue weighted by atomic mass is 10.1. The summed E-state index contributed by atoms with van der Waals surface area (Å²) in [6, 6.07) is 7.18. The van der Waals surface area contributed by atoms with Crippen LogP contribution in [-0.2, 0) is 6.54 Å². The Morgan fingerprint density at radius 2 is 1.88 bits per heavy atom. The molecular weight excluding hydrogens is 210 g/mol. The number of aryl methyl sites for hydroxylation is 2. The number of aliphatic hydroxyl groups excluding tert-OH is 1. The van der Waals surface area contributed by atoms with Gasteiger partial charge in [0.15, 0.2) is 0 Å². The molecule has 17 heavy (non-hydrogen) atoms. The lowest BCUT2D eigenvalue weighted by Gasteiger charge is -2.26. The minimum absolute atomic E-state index is 0.274. The van der Waals surface area contributed by atoms with Crippen LogP contribution >= 0.6 is 0 Å². The highest BCUT2D eigenvalue weighted by molar-refractivity contribution is 5.29. The van der Waals surface area contributed by atoms with Crippen LogP contribution < -0.4 is 0 Å². The summed E-state index contributed by atoms with van der Waals surface area (Å²) in [4.78, 5) is 2.40. The second-order valence-electron chi connectivity index (χ2n) is 5.06. The molecule has 0 saturated carbocycles. The molecule has 0 fully saturated rings. The van der Waals surface area contributed by atoms with Gasteiger partial charge in [0.2, 0.25) is 0 Å². The minimum atomic E-state index is 0.274. The summed E-state index contributed by atoms with van der Waals surface area (Å²) in [5.74, 6) is 0. The van der Waals surface area contributed by atoms with E-state index in [0.29, 0.717) is 6.04 Å². The summed E-state index contributed by atoms with van der Waals surface area (Å²) in [5.41, 5.74) is 4.06. The van der Waals surface area contributed by atoms with E-state index in [4.69, 9.17) is 5.11 Å². The molecule has 1 rings (SSSR count). The SMILES string of the molecule is Cc1ccc(CN(CCCO)C(C)C)cc1C. The van der Waals surface area contributed by atoms with E-state index in [0.717, 1.165) is 19.5 Å². The summed E-state index contributed by atoms with van der Waals surface area (Å²) in [5, 5.41) is 8.92. The smallest absolute Gasteiger partial charge is 0.0443 e. The first-order chi connectivity index (χ1) is 8.04. The number of rotatable bonds is 6. The molecule has 96 valence electrons. The molecule has 0 amide bonds. The van der Waals surface area contributed by atoms with Crippen LogP contribution in [0.3, 0.4) is 0 Å². The van der Waals surface area contributed by atoms with Crippen molar-refractivity contribution < 1.29 is 5.11 Å². The minimum Gasteiger partial charge on any atom is -0.396 e. The standard InChI is InChI=1S/C15H25NO/c1-12(2)16(8-5-9-17)11-15-7-6-13(3)14(4)10-15/h6-7,10,12,17H,5,8-9,11H2,1-4H3. The highest BCUT2D eigenvalue weighted by atomic mass is 16.3. The van der Waals surface area contributed by atoms with Crippen molar-refractivity contribution in [3.8, 4) is 0 Å². The van der Waals surface area contributed by atoms with Crippen LogP contribution in [0.4, 0.5) is 0 Å². The second-order valence-corrected chi connectivity index (χ2v) is 5.06. The Labute approximate surface area is 105 Å². The molecule has 1 N–H and O–H groups in total. The van der Waals surface area contributed by atoms with Gasteiger partial charge in [-0.3, -0.25) is 4.90 Å². The van der Waals surface area contributed by atoms with E-state index in [-0.39, 0.29) is 6.61 Å². The second kappa shape index (κ2) is 6.77. The summed E-state index contributed by atoms with van der Waals surface area (Å²) in [6.07, 6.45) is 0.850. The van der Waals surface area contributed by atoms with Crippen molar-refractivity contribution in [1.29, 1.82) is 0 Å². The zero-order valence-corrected chi connectivity index (χ0v) is 11.5. The predicted octanol–water partition coefficient (Wildman–Crippen LogP) is 2.90. The number of hydrogen-bond donors (Lipinski definition) is 1. The van der Waals surface area contributed by atoms with Crippen molar-refractivity contribution in [1.82, 2.24) is 4.90 Å². The van der Waals surface area contributed by atoms with Gasteiger partial charge in [0.05, 0.1) is 0 Å². The molecule has 0 spiro atoms. The molecule has 0 aliphatic rings. The van der Waals surface area contributed by atoms with Crippen molar-refractivity contribution in [2.45, 2.75) is 46.7 Å². The molecule has 1 aromatic carbocycles. The monoisotopic (exact) mass is 235 g/mol. The fourth-order valence-corrected chi connectivity index (χ4v) is 1.93. The van der Waals surface area contributed by atoms with Gasteiger partial charge in [-0.2, -0.15) is 0 Å². The van der Waals surface area contributed by atoms with E-state index in [1.54, 1.807) is 0 Å². The molecule has 0 saturated heterocycles. The number of aliphatic hydroxyl groups is 1. The lowest BCUT2D eigenvalue weighted by molar-refractivity contribution is 0.185. The molecule has 0 atom stereocenters. The highest BCUT2D eigenvalue weighted by Gasteiger charge is 2.09. The Balaban J connectivity index is 2.68. The van der Waals surface area contributed by atoms with Gasteiger partial charge in [-0.15, -0.1) is 0 Å². The van der Waals surface area contributed by atoms with Crippen molar-refractivity contribution in [2.24, 2.45) is 0 Å². The highest BCUT2D eigenvalue weighted by Crippen LogP contribution is 2.13. The maximum Gasteiger partial charge on any atom is 0.0443 e. The molecular formula is C15H25NO. The number of nitrogens with zero attached hydrogens (tertiary/aromatic N) is 1. The summed E-state index contributed by atoms with van der Waals surface area (Å²) in [6.45, 7) is 10.9. The van der Waals surface area contributed by atoms with Crippen molar-refractivity contribution in [3.05, 3.63) is 34.9 Å². The van der Waals surface area contributed by atoms with Crippen LogP contribution in [-0.4, -0.2) is 29.2 Å². The van der Waals surface area contributed by atoms with E-state index in [1.807, 2.05) is 0 Å². The fourth-order valence-electron chi connectivity index (χ4n) is 1.93. The Morgan fingerprint density at radius 3 is 2.41 bits per heavy atom. The van der Waals surface area contributed by atoms with Crippen LogP contribution in [0.2, 0.25) is 0 Å². The lowest BCUT2D eigenvalue weighted by Crippen LogP contribution is -2.31. The van der Waals surface area contributed by atoms with Crippen molar-refractivity contribution >= 4 is 0 Å². The normalized spacial score (nSPS) is 11.5. The van der Waals surface area contributed by atoms with Crippen LogP contribution in [0, 0.1) is 13.8 Å². The fraction of sp³-hybridized carbons (Fsp3) is 0.600. The van der Waals surface area contributed by atoms with Gasteiger partial charge < -0.3 is 5.11 Å². The zero-order valence-electron chi connectivity index (χ0n) is 11.5. The molecule has 2 heteroatoms. The third-order valence-electron chi connectivity index (χ3n) is 3.29. The number of benzene rings is 1. The van der Waals surface area contributed by atoms with Gasteiger partial charge in [0.1, 0.15) is 0 Å². The van der Waals surface area contributed by atoms with Gasteiger partial charge in [-0.05, 0) is 50.8 Å². The number of hydrogen-bond acceptors (Lipinski definition) is 2. The summed E-state index contributed by atoms with van der Waals surface area (Å²) < 4.78 is 0. The van der Waals surface area contributed by atoms with E-state index in [2.05, 4.69) is 50.8 Å². The molecule has 0 aromatic heterocycles. The van der Waals surface area contributed by atoms with E-state index in [9.17, 15) is 0 Å². The molecule has 0 bridgehead atoms. The Bertz CT molecular complexity index is 347. The van der Waals surface area contributed by atoms with Crippen LogP contribution in [0.25, 0.3) is 0 Å². The molecule has 2 nitrogen and oxygen atoms in total. The van der Waals surface area contributed by atoms with Crippen LogP contribution in [0.1, 0.15) is 37.0 Å². The van der Waals surface area contributed by atoms with Crippen LogP contribution in [0.5, 0.6) is 0 Å². The molecule has 0 radical (unpaired) electrons. The van der Waals surface area contributed by atoms with Gasteiger partial charge in [-0.1, -0.05) is 18.2 Å². The molecule has 1 aromatic rings. The third kappa shape index (κ3) is 4.49. The Kier molecular flexibility index (Phi) is 5.66. The van der Waals surface area contributed by atoms with E-state index < -0.39 is 0 Å². The van der Waals surface area contributed by atoms with Gasteiger partial charge in [0.25, 0.3) is 0 Å². The van der Waals surface area contributed by atoms with Crippen molar-refractivity contribution in [3.63, 3.8) is 0 Å². The maximum absolute atomic E-state index is 8.92. The average Bonchev–Trinajstić information content (AvgIpc) is 2.28. The molecule has 0 aliphatic carbocycles. The largest absolute Gasteiger partial charge is 0.396 e. The topological polar surface area (TPSA) is 23.5 Å². The van der Waals surface area contributed by atoms with Crippen LogP contribution in [0.15, 0.2) is 18.2 Å². The zero-order chi connectivity index (χ0) is 12.8. The van der Waals surface area contributed by atoms with Gasteiger partial charge in [-0.25, -0.2) is 0 Å². The van der Waals surface area contributed by atoms with Crippen molar-refractivity contribution in [2.75, 3.05) is 13.2 Å². The van der Waals surface area contributed by atoms with Gasteiger partial charge >= 0.3 is 0 Å². The Hall–Kier alpha value is -0.860. The average molecular weight is 235 g/mol. The third-order valence-corrected chi connectivity index (χ3v) is 3.29. The van der Waals surface area contributed by atoms with Gasteiger partial charge in [0, 0.05) is 25.7 Å². The quantitative estimate of drug-likeness (QED) is 0.819. The maximum atomic E-state index is 8.92. The first-order valence-corrected chi connectivity index (χ1v) is 6.45. The predicted molar refractivity (Wildman–Crippen MR) is 73.2 cm³/mol. The molecule has 0 unspecified atom stereocenters. The molecule has 0 heterocycles. The first kappa shape index (κ1) is 14.2. The van der Waals surface area contributed by atoms with E-state index in [1.165, 1.54) is 16.7 Å². The molecule has 0 aliphatic heterocycles. The Morgan fingerprint density at radius 1 is 1.18 bits per heavy atom. The summed E-state index contributed by atoms with van der Waals surface area (Å²) in [7, 11) is 0. The first-order valence-electron chi connectivity index (χ1n) is 6.45.